The number of aromatic amines is 1. The number of hydrogen-bond acceptors (Lipinski definition) is 3. The largest absolute Gasteiger partial charge is 0.481 e. The maximum absolute atomic E-state index is 11.9. The number of benzene rings is 1. The molecule has 2 rings (SSSR count). The molecule has 1 aromatic heterocycles. The summed E-state index contributed by atoms with van der Waals surface area (Å²) in [6.07, 6.45) is -0.784. The summed E-state index contributed by atoms with van der Waals surface area (Å²) in [5.74, 6) is -3.28. The Morgan fingerprint density at radius 2 is 2.00 bits per heavy atom. The number of carbonyl (C=O) groups is 3. The second-order valence-electron chi connectivity index (χ2n) is 4.73. The molecular formula is C14H13ClN2O5. The van der Waals surface area contributed by atoms with E-state index in [1.807, 2.05) is 0 Å². The molecule has 0 aliphatic carbocycles. The van der Waals surface area contributed by atoms with E-state index in [4.69, 9.17) is 21.8 Å². The van der Waals surface area contributed by atoms with Crippen LogP contribution in [0.5, 0.6) is 0 Å². The van der Waals surface area contributed by atoms with E-state index in [0.717, 1.165) is 10.9 Å². The van der Waals surface area contributed by atoms with Crippen LogP contribution in [0.1, 0.15) is 12.1 Å². The molecule has 0 saturated carbocycles. The van der Waals surface area contributed by atoms with Gasteiger partial charge in [0.15, 0.2) is 0 Å². The van der Waals surface area contributed by atoms with Crippen LogP contribution in [0.3, 0.4) is 0 Å². The van der Waals surface area contributed by atoms with Crippen molar-refractivity contribution >= 4 is 40.3 Å². The van der Waals surface area contributed by atoms with Crippen molar-refractivity contribution in [1.82, 2.24) is 10.3 Å². The first kappa shape index (κ1) is 15.8. The topological polar surface area (TPSA) is 119 Å². The van der Waals surface area contributed by atoms with Gasteiger partial charge in [-0.15, -0.1) is 0 Å². The van der Waals surface area contributed by atoms with Gasteiger partial charge >= 0.3 is 11.9 Å². The molecule has 0 unspecified atom stereocenters. The lowest BCUT2D eigenvalue weighted by atomic mass is 10.2. The number of aromatic nitrogens is 1. The van der Waals surface area contributed by atoms with Gasteiger partial charge in [-0.05, 0) is 18.2 Å². The third kappa shape index (κ3) is 3.76. The van der Waals surface area contributed by atoms with Gasteiger partial charge in [0.25, 0.3) is 0 Å². The predicted octanol–water partition coefficient (Wildman–Crippen LogP) is 1.41. The first-order valence-electron chi connectivity index (χ1n) is 6.37. The maximum atomic E-state index is 11.9. The highest BCUT2D eigenvalue weighted by Gasteiger charge is 2.23. The molecule has 0 aliphatic rings. The van der Waals surface area contributed by atoms with Crippen LogP contribution in [0.15, 0.2) is 24.3 Å². The van der Waals surface area contributed by atoms with Gasteiger partial charge in [0.05, 0.1) is 12.8 Å². The third-order valence-electron chi connectivity index (χ3n) is 3.03. The van der Waals surface area contributed by atoms with Crippen molar-refractivity contribution in [3.05, 3.63) is 35.0 Å². The van der Waals surface area contributed by atoms with E-state index in [1.54, 1.807) is 24.3 Å². The van der Waals surface area contributed by atoms with Crippen molar-refractivity contribution in [3.8, 4) is 0 Å². The molecule has 1 aromatic carbocycles. The number of nitrogens with one attached hydrogen (secondary N) is 2. The van der Waals surface area contributed by atoms with Crippen molar-refractivity contribution in [3.63, 3.8) is 0 Å². The Bertz CT molecular complexity index is 740. The highest BCUT2D eigenvalue weighted by Crippen LogP contribution is 2.24. The SMILES string of the molecule is O=C(O)C[C@H](NC(=O)Cc1cc2c(Cl)cccc2[nH]1)C(=O)O. The number of hydrogen-bond donors (Lipinski definition) is 4. The molecule has 116 valence electrons. The summed E-state index contributed by atoms with van der Waals surface area (Å²) in [6, 6.07) is 5.52. The molecule has 1 heterocycles. The number of H-pyrrole nitrogens is 1. The minimum absolute atomic E-state index is 0.103. The lowest BCUT2D eigenvalue weighted by molar-refractivity contribution is -0.147. The first-order chi connectivity index (χ1) is 10.4. The van der Waals surface area contributed by atoms with Crippen LogP contribution in [0, 0.1) is 0 Å². The molecule has 4 N–H and O–H groups in total. The van der Waals surface area contributed by atoms with Crippen LogP contribution < -0.4 is 5.32 Å². The Labute approximate surface area is 129 Å². The monoisotopic (exact) mass is 324 g/mol. The molecule has 7 nitrogen and oxygen atoms in total. The van der Waals surface area contributed by atoms with Crippen molar-refractivity contribution in [2.45, 2.75) is 18.9 Å². The van der Waals surface area contributed by atoms with Crippen LogP contribution in [0.25, 0.3) is 10.9 Å². The number of carbonyl (C=O) groups excluding carboxylic acids is 1. The van der Waals surface area contributed by atoms with Gasteiger partial charge in [0.2, 0.25) is 5.91 Å². The highest BCUT2D eigenvalue weighted by atomic mass is 35.5. The van der Waals surface area contributed by atoms with Gasteiger partial charge in [-0.1, -0.05) is 17.7 Å². The number of aliphatic carboxylic acids is 2. The number of fused-ring (bicyclic) bond motifs is 1. The Morgan fingerprint density at radius 3 is 2.59 bits per heavy atom. The fraction of sp³-hybridized carbons (Fsp3) is 0.214. The smallest absolute Gasteiger partial charge is 0.326 e. The molecule has 8 heteroatoms. The van der Waals surface area contributed by atoms with Crippen LogP contribution in [0.4, 0.5) is 0 Å². The molecule has 0 aliphatic heterocycles. The zero-order valence-corrected chi connectivity index (χ0v) is 12.1. The molecule has 0 bridgehead atoms. The molecule has 0 spiro atoms. The summed E-state index contributed by atoms with van der Waals surface area (Å²) >= 11 is 6.03. The van der Waals surface area contributed by atoms with E-state index < -0.39 is 30.3 Å². The summed E-state index contributed by atoms with van der Waals surface area (Å²) in [4.78, 5) is 36.3. The fourth-order valence-corrected chi connectivity index (χ4v) is 2.29. The zero-order chi connectivity index (χ0) is 16.3. The van der Waals surface area contributed by atoms with Crippen molar-refractivity contribution < 1.29 is 24.6 Å². The summed E-state index contributed by atoms with van der Waals surface area (Å²) in [5.41, 5.74) is 1.32. The van der Waals surface area contributed by atoms with Crippen molar-refractivity contribution in [2.24, 2.45) is 0 Å². The van der Waals surface area contributed by atoms with Crippen LogP contribution in [0.2, 0.25) is 5.02 Å². The van der Waals surface area contributed by atoms with Gasteiger partial charge in [0.1, 0.15) is 6.04 Å². The summed E-state index contributed by atoms with van der Waals surface area (Å²) in [5, 5.41) is 21.0. The van der Waals surface area contributed by atoms with Gasteiger partial charge in [0, 0.05) is 21.6 Å². The number of amides is 1. The quantitative estimate of drug-likeness (QED) is 0.640. The van der Waals surface area contributed by atoms with E-state index in [2.05, 4.69) is 10.3 Å². The summed E-state index contributed by atoms with van der Waals surface area (Å²) in [6.45, 7) is 0. The van der Waals surface area contributed by atoms with Crippen LogP contribution in [-0.2, 0) is 20.8 Å². The maximum Gasteiger partial charge on any atom is 0.326 e. The molecule has 0 fully saturated rings. The molecule has 22 heavy (non-hydrogen) atoms. The van der Waals surface area contributed by atoms with Crippen LogP contribution >= 0.6 is 11.6 Å². The lowest BCUT2D eigenvalue weighted by Gasteiger charge is -2.11. The molecule has 2 aromatic rings. The third-order valence-corrected chi connectivity index (χ3v) is 3.36. The van der Waals surface area contributed by atoms with Gasteiger partial charge < -0.3 is 20.5 Å². The van der Waals surface area contributed by atoms with Gasteiger partial charge in [-0.3, -0.25) is 9.59 Å². The Kier molecular flexibility index (Phi) is 4.67. The van der Waals surface area contributed by atoms with Crippen molar-refractivity contribution in [1.29, 1.82) is 0 Å². The molecule has 0 radical (unpaired) electrons. The van der Waals surface area contributed by atoms with Crippen LogP contribution in [-0.4, -0.2) is 39.1 Å². The number of carboxylic acid groups (broad SMARTS) is 2. The second-order valence-corrected chi connectivity index (χ2v) is 5.14. The van der Waals surface area contributed by atoms with E-state index in [1.165, 1.54) is 0 Å². The minimum atomic E-state index is -1.46. The van der Waals surface area contributed by atoms with E-state index in [0.29, 0.717) is 10.7 Å². The van der Waals surface area contributed by atoms with E-state index in [-0.39, 0.29) is 6.42 Å². The number of carboxylic acids is 2. The van der Waals surface area contributed by atoms with E-state index in [9.17, 15) is 14.4 Å². The second kappa shape index (κ2) is 6.48. The van der Waals surface area contributed by atoms with Crippen molar-refractivity contribution in [2.75, 3.05) is 0 Å². The summed E-state index contributed by atoms with van der Waals surface area (Å²) < 4.78 is 0. The normalized spacial score (nSPS) is 12.0. The lowest BCUT2D eigenvalue weighted by Crippen LogP contribution is -2.42. The highest BCUT2D eigenvalue weighted by molar-refractivity contribution is 6.35. The first-order valence-corrected chi connectivity index (χ1v) is 6.74. The molecule has 1 amide bonds. The fourth-order valence-electron chi connectivity index (χ4n) is 2.06. The standard InChI is InChI=1S/C14H13ClN2O5/c15-9-2-1-3-10-8(9)4-7(16-10)5-12(18)17-11(14(21)22)6-13(19)20/h1-4,11,16H,5-6H2,(H,17,18)(H,19,20)(H,21,22)/t11-/m0/s1. The molecule has 1 atom stereocenters. The average Bonchev–Trinajstić information content (AvgIpc) is 2.81. The average molecular weight is 325 g/mol. The Morgan fingerprint density at radius 1 is 1.27 bits per heavy atom. The molecular weight excluding hydrogens is 312 g/mol. The Balaban J connectivity index is 2.08. The summed E-state index contributed by atoms with van der Waals surface area (Å²) in [7, 11) is 0. The van der Waals surface area contributed by atoms with E-state index >= 15 is 0 Å². The van der Waals surface area contributed by atoms with Gasteiger partial charge in [-0.2, -0.15) is 0 Å². The van der Waals surface area contributed by atoms with Gasteiger partial charge in [-0.25, -0.2) is 4.79 Å². The molecule has 0 saturated heterocycles. The predicted molar refractivity (Wildman–Crippen MR) is 78.8 cm³/mol. The minimum Gasteiger partial charge on any atom is -0.481 e. The number of rotatable bonds is 6. The number of halogens is 1. The zero-order valence-electron chi connectivity index (χ0n) is 11.3. The Hall–Kier alpha value is -2.54.